The second-order valence-electron chi connectivity index (χ2n) is 3.22. The van der Waals surface area contributed by atoms with Crippen LogP contribution in [0, 0.1) is 0 Å². The SMILES string of the molecule is Cn1c2c(c(=O)n(C)c1=O)SCC(=O)N2. The fourth-order valence-electron chi connectivity index (χ4n) is 1.39. The summed E-state index contributed by atoms with van der Waals surface area (Å²) in [6, 6.07) is 0. The van der Waals surface area contributed by atoms with Crippen LogP contribution in [0.15, 0.2) is 14.5 Å². The maximum atomic E-state index is 11.7. The Hall–Kier alpha value is -1.50. The molecule has 1 aromatic heterocycles. The van der Waals surface area contributed by atoms with E-state index in [0.717, 1.165) is 16.3 Å². The van der Waals surface area contributed by atoms with Crippen LogP contribution >= 0.6 is 11.8 Å². The van der Waals surface area contributed by atoms with Gasteiger partial charge in [0.2, 0.25) is 5.91 Å². The number of fused-ring (bicyclic) bond motifs is 1. The molecule has 2 rings (SSSR count). The van der Waals surface area contributed by atoms with E-state index in [4.69, 9.17) is 0 Å². The van der Waals surface area contributed by atoms with Gasteiger partial charge >= 0.3 is 5.69 Å². The van der Waals surface area contributed by atoms with Gasteiger partial charge in [0.05, 0.1) is 5.75 Å². The molecule has 0 saturated carbocycles. The summed E-state index contributed by atoms with van der Waals surface area (Å²) in [4.78, 5) is 34.7. The predicted molar refractivity (Wildman–Crippen MR) is 56.3 cm³/mol. The lowest BCUT2D eigenvalue weighted by Crippen LogP contribution is -2.41. The lowest BCUT2D eigenvalue weighted by atomic mass is 10.5. The maximum Gasteiger partial charge on any atom is 0.332 e. The molecule has 7 heteroatoms. The number of amides is 1. The van der Waals surface area contributed by atoms with Crippen molar-refractivity contribution in [2.75, 3.05) is 11.1 Å². The molecule has 1 amide bonds. The second kappa shape index (κ2) is 3.27. The highest BCUT2D eigenvalue weighted by molar-refractivity contribution is 8.00. The summed E-state index contributed by atoms with van der Waals surface area (Å²) in [6.07, 6.45) is 0. The Morgan fingerprint density at radius 3 is 2.53 bits per heavy atom. The monoisotopic (exact) mass is 227 g/mol. The number of aromatic nitrogens is 2. The molecule has 0 radical (unpaired) electrons. The Morgan fingerprint density at radius 2 is 1.87 bits per heavy atom. The minimum atomic E-state index is -0.443. The van der Waals surface area contributed by atoms with E-state index in [1.807, 2.05) is 0 Å². The maximum absolute atomic E-state index is 11.7. The molecule has 0 aromatic carbocycles. The average Bonchev–Trinajstić information content (AvgIpc) is 2.23. The highest BCUT2D eigenvalue weighted by atomic mass is 32.2. The quantitative estimate of drug-likeness (QED) is 0.625. The van der Waals surface area contributed by atoms with Crippen LogP contribution in [0.4, 0.5) is 5.82 Å². The van der Waals surface area contributed by atoms with Gasteiger partial charge in [0.15, 0.2) is 0 Å². The van der Waals surface area contributed by atoms with Crippen molar-refractivity contribution in [3.8, 4) is 0 Å². The Bertz CT molecular complexity index is 557. The Balaban J connectivity index is 2.83. The normalized spacial score (nSPS) is 14.7. The molecule has 1 N–H and O–H groups in total. The van der Waals surface area contributed by atoms with Crippen LogP contribution in [0.1, 0.15) is 0 Å². The first-order valence-corrected chi connectivity index (χ1v) is 5.23. The molecule has 0 atom stereocenters. The third-order valence-corrected chi connectivity index (χ3v) is 3.29. The fourth-order valence-corrected chi connectivity index (χ4v) is 2.32. The number of hydrogen-bond donors (Lipinski definition) is 1. The largest absolute Gasteiger partial charge is 0.332 e. The molecule has 6 nitrogen and oxygen atoms in total. The van der Waals surface area contributed by atoms with E-state index in [1.165, 1.54) is 18.7 Å². The lowest BCUT2D eigenvalue weighted by Gasteiger charge is -2.18. The number of anilines is 1. The van der Waals surface area contributed by atoms with Crippen LogP contribution in [-0.2, 0) is 18.9 Å². The van der Waals surface area contributed by atoms with Gasteiger partial charge in [-0.2, -0.15) is 0 Å². The van der Waals surface area contributed by atoms with E-state index in [0.29, 0.717) is 10.7 Å². The number of thioether (sulfide) groups is 1. The van der Waals surface area contributed by atoms with Crippen molar-refractivity contribution in [2.24, 2.45) is 14.1 Å². The molecular weight excluding hydrogens is 218 g/mol. The molecule has 0 unspecified atom stereocenters. The molecule has 0 aliphatic carbocycles. The first-order valence-electron chi connectivity index (χ1n) is 4.25. The third kappa shape index (κ3) is 1.39. The van der Waals surface area contributed by atoms with Crippen LogP contribution in [-0.4, -0.2) is 20.8 Å². The Morgan fingerprint density at radius 1 is 1.20 bits per heavy atom. The molecule has 1 aliphatic heterocycles. The van der Waals surface area contributed by atoms with E-state index in [-0.39, 0.29) is 17.2 Å². The van der Waals surface area contributed by atoms with E-state index >= 15 is 0 Å². The molecule has 0 spiro atoms. The second-order valence-corrected chi connectivity index (χ2v) is 4.21. The first-order chi connectivity index (χ1) is 7.02. The van der Waals surface area contributed by atoms with Crippen molar-refractivity contribution in [3.63, 3.8) is 0 Å². The molecular formula is C8H9N3O3S. The Kier molecular flexibility index (Phi) is 2.18. The first kappa shape index (κ1) is 10.0. The van der Waals surface area contributed by atoms with E-state index in [2.05, 4.69) is 5.32 Å². The smallest absolute Gasteiger partial charge is 0.310 e. The highest BCUT2D eigenvalue weighted by Gasteiger charge is 2.22. The molecule has 0 bridgehead atoms. The van der Waals surface area contributed by atoms with Crippen molar-refractivity contribution >= 4 is 23.5 Å². The van der Waals surface area contributed by atoms with Crippen LogP contribution < -0.4 is 16.6 Å². The van der Waals surface area contributed by atoms with Gasteiger partial charge in [0.25, 0.3) is 5.56 Å². The van der Waals surface area contributed by atoms with Crippen LogP contribution in [0.3, 0.4) is 0 Å². The van der Waals surface area contributed by atoms with Crippen molar-refractivity contribution in [2.45, 2.75) is 4.90 Å². The number of carbonyl (C=O) groups excluding carboxylic acids is 1. The van der Waals surface area contributed by atoms with Crippen LogP contribution in [0.2, 0.25) is 0 Å². The number of hydrogen-bond acceptors (Lipinski definition) is 4. The molecule has 80 valence electrons. The molecule has 1 aliphatic rings. The summed E-state index contributed by atoms with van der Waals surface area (Å²) in [5.41, 5.74) is -0.806. The van der Waals surface area contributed by atoms with Gasteiger partial charge < -0.3 is 5.32 Å². The van der Waals surface area contributed by atoms with Gasteiger partial charge in [-0.1, -0.05) is 0 Å². The number of nitrogens with zero attached hydrogens (tertiary/aromatic N) is 2. The molecule has 15 heavy (non-hydrogen) atoms. The average molecular weight is 227 g/mol. The van der Waals surface area contributed by atoms with Crippen molar-refractivity contribution in [3.05, 3.63) is 20.8 Å². The molecule has 2 heterocycles. The summed E-state index contributed by atoms with van der Waals surface area (Å²) in [5.74, 6) is 0.306. The highest BCUT2D eigenvalue weighted by Crippen LogP contribution is 2.25. The topological polar surface area (TPSA) is 73.1 Å². The molecule has 1 aromatic rings. The van der Waals surface area contributed by atoms with Gasteiger partial charge in [-0.25, -0.2) is 4.79 Å². The zero-order valence-corrected chi connectivity index (χ0v) is 9.05. The van der Waals surface area contributed by atoms with Gasteiger partial charge in [-0.3, -0.25) is 18.7 Å². The molecule has 0 fully saturated rings. The summed E-state index contributed by atoms with van der Waals surface area (Å²) in [5, 5.41) is 2.53. The minimum Gasteiger partial charge on any atom is -0.310 e. The van der Waals surface area contributed by atoms with Gasteiger partial charge in [0.1, 0.15) is 10.7 Å². The van der Waals surface area contributed by atoms with Gasteiger partial charge in [-0.15, -0.1) is 11.8 Å². The number of carbonyl (C=O) groups is 1. The summed E-state index contributed by atoms with van der Waals surface area (Å²) < 4.78 is 2.30. The fraction of sp³-hybridized carbons (Fsp3) is 0.375. The van der Waals surface area contributed by atoms with E-state index < -0.39 is 5.69 Å². The molecule has 0 saturated heterocycles. The summed E-state index contributed by atoms with van der Waals surface area (Å²) >= 11 is 1.16. The van der Waals surface area contributed by atoms with E-state index in [9.17, 15) is 14.4 Å². The minimum absolute atomic E-state index is 0.198. The van der Waals surface area contributed by atoms with Crippen molar-refractivity contribution in [1.29, 1.82) is 0 Å². The lowest BCUT2D eigenvalue weighted by molar-refractivity contribution is -0.114. The van der Waals surface area contributed by atoms with E-state index in [1.54, 1.807) is 0 Å². The summed E-state index contributed by atoms with van der Waals surface area (Å²) in [6.45, 7) is 0. The van der Waals surface area contributed by atoms with Crippen molar-refractivity contribution < 1.29 is 4.79 Å². The van der Waals surface area contributed by atoms with Gasteiger partial charge in [0, 0.05) is 14.1 Å². The van der Waals surface area contributed by atoms with Crippen LogP contribution in [0.25, 0.3) is 0 Å². The van der Waals surface area contributed by atoms with Gasteiger partial charge in [-0.05, 0) is 0 Å². The third-order valence-electron chi connectivity index (χ3n) is 2.23. The summed E-state index contributed by atoms with van der Waals surface area (Å²) in [7, 11) is 2.94. The zero-order valence-electron chi connectivity index (χ0n) is 8.23. The van der Waals surface area contributed by atoms with Crippen LogP contribution in [0.5, 0.6) is 0 Å². The standard InChI is InChI=1S/C8H9N3O3S/c1-10-6-5(15-3-4(12)9-6)7(13)11(2)8(10)14/h3H2,1-2H3,(H,9,12). The number of rotatable bonds is 0. The number of nitrogens with one attached hydrogen (secondary N) is 1. The zero-order chi connectivity index (χ0) is 11.2. The van der Waals surface area contributed by atoms with Crippen molar-refractivity contribution in [1.82, 2.24) is 9.13 Å². The predicted octanol–water partition coefficient (Wildman–Crippen LogP) is -0.872. The Labute approximate surface area is 88.9 Å².